The summed E-state index contributed by atoms with van der Waals surface area (Å²) in [6.07, 6.45) is -3.56. The SMILES string of the molecule is O=[N+]([O-])c1cccc(Cn2ccc(C(F)(F)F)n2)c1F. The highest BCUT2D eigenvalue weighted by Crippen LogP contribution is 2.27. The zero-order chi connectivity index (χ0) is 14.9. The molecule has 0 saturated heterocycles. The average molecular weight is 289 g/mol. The molecule has 0 amide bonds. The second kappa shape index (κ2) is 4.91. The van der Waals surface area contributed by atoms with Gasteiger partial charge in [-0.15, -0.1) is 0 Å². The highest BCUT2D eigenvalue weighted by Gasteiger charge is 2.33. The van der Waals surface area contributed by atoms with Crippen LogP contribution in [0.5, 0.6) is 0 Å². The van der Waals surface area contributed by atoms with Crippen LogP contribution in [0.4, 0.5) is 23.2 Å². The van der Waals surface area contributed by atoms with Crippen molar-refractivity contribution >= 4 is 5.69 Å². The maximum atomic E-state index is 13.7. The lowest BCUT2D eigenvalue weighted by atomic mass is 10.2. The number of hydrogen-bond donors (Lipinski definition) is 0. The topological polar surface area (TPSA) is 61.0 Å². The molecule has 0 spiro atoms. The third-order valence-electron chi connectivity index (χ3n) is 2.52. The van der Waals surface area contributed by atoms with Crippen LogP contribution in [0.1, 0.15) is 11.3 Å². The van der Waals surface area contributed by atoms with Crippen molar-refractivity contribution in [3.8, 4) is 0 Å². The summed E-state index contributed by atoms with van der Waals surface area (Å²) < 4.78 is 51.7. The van der Waals surface area contributed by atoms with Gasteiger partial charge in [0.05, 0.1) is 11.5 Å². The number of halogens is 4. The maximum absolute atomic E-state index is 13.7. The lowest BCUT2D eigenvalue weighted by Crippen LogP contribution is -2.09. The number of benzene rings is 1. The molecule has 5 nitrogen and oxygen atoms in total. The normalized spacial score (nSPS) is 11.6. The molecule has 0 aliphatic heterocycles. The molecule has 0 unspecified atom stereocenters. The Kier molecular flexibility index (Phi) is 3.43. The van der Waals surface area contributed by atoms with Gasteiger partial charge in [0.2, 0.25) is 5.82 Å². The minimum Gasteiger partial charge on any atom is -0.268 e. The number of alkyl halides is 3. The first-order valence-corrected chi connectivity index (χ1v) is 5.31. The van der Waals surface area contributed by atoms with Gasteiger partial charge in [0.1, 0.15) is 0 Å². The molecule has 0 bridgehead atoms. The lowest BCUT2D eigenvalue weighted by Gasteiger charge is -2.05. The summed E-state index contributed by atoms with van der Waals surface area (Å²) in [5, 5.41) is 13.8. The highest BCUT2D eigenvalue weighted by atomic mass is 19.4. The molecule has 0 saturated carbocycles. The van der Waals surface area contributed by atoms with Gasteiger partial charge in [0.25, 0.3) is 0 Å². The molecule has 0 aliphatic rings. The van der Waals surface area contributed by atoms with Gasteiger partial charge in [-0.25, -0.2) is 0 Å². The third-order valence-corrected chi connectivity index (χ3v) is 2.52. The molecular weight excluding hydrogens is 282 g/mol. The maximum Gasteiger partial charge on any atom is 0.435 e. The number of hydrogen-bond acceptors (Lipinski definition) is 3. The van der Waals surface area contributed by atoms with E-state index in [1.807, 2.05) is 0 Å². The van der Waals surface area contributed by atoms with Crippen molar-refractivity contribution in [1.29, 1.82) is 0 Å². The zero-order valence-corrected chi connectivity index (χ0v) is 9.76. The number of nitro benzene ring substituents is 1. The molecule has 0 fully saturated rings. The Morgan fingerprint density at radius 3 is 2.55 bits per heavy atom. The fraction of sp³-hybridized carbons (Fsp3) is 0.182. The molecule has 1 heterocycles. The average Bonchev–Trinajstić information content (AvgIpc) is 2.80. The van der Waals surface area contributed by atoms with Gasteiger partial charge in [-0.2, -0.15) is 22.7 Å². The summed E-state index contributed by atoms with van der Waals surface area (Å²) in [7, 11) is 0. The molecule has 20 heavy (non-hydrogen) atoms. The van der Waals surface area contributed by atoms with Crippen molar-refractivity contribution in [1.82, 2.24) is 9.78 Å². The van der Waals surface area contributed by atoms with Gasteiger partial charge < -0.3 is 0 Å². The largest absolute Gasteiger partial charge is 0.435 e. The van der Waals surface area contributed by atoms with Crippen LogP contribution in [-0.2, 0) is 12.7 Å². The first-order valence-electron chi connectivity index (χ1n) is 5.31. The molecule has 0 aliphatic carbocycles. The van der Waals surface area contributed by atoms with E-state index in [-0.39, 0.29) is 12.1 Å². The van der Waals surface area contributed by atoms with Crippen LogP contribution in [0.15, 0.2) is 30.5 Å². The number of aromatic nitrogens is 2. The molecule has 0 atom stereocenters. The summed E-state index contributed by atoms with van der Waals surface area (Å²) in [6, 6.07) is 4.22. The van der Waals surface area contributed by atoms with Crippen LogP contribution in [0.3, 0.4) is 0 Å². The summed E-state index contributed by atoms with van der Waals surface area (Å²) in [6.45, 7) is -0.330. The lowest BCUT2D eigenvalue weighted by molar-refractivity contribution is -0.387. The molecule has 2 rings (SSSR count). The summed E-state index contributed by atoms with van der Waals surface area (Å²) in [4.78, 5) is 9.66. The molecule has 2 aromatic rings. The Balaban J connectivity index is 2.29. The van der Waals surface area contributed by atoms with Crippen LogP contribution in [-0.4, -0.2) is 14.7 Å². The smallest absolute Gasteiger partial charge is 0.268 e. The zero-order valence-electron chi connectivity index (χ0n) is 9.76. The van der Waals surface area contributed by atoms with Crippen molar-refractivity contribution in [2.45, 2.75) is 12.7 Å². The molecule has 0 N–H and O–H groups in total. The Morgan fingerprint density at radius 2 is 2.00 bits per heavy atom. The third kappa shape index (κ3) is 2.76. The van der Waals surface area contributed by atoms with Crippen molar-refractivity contribution in [3.05, 3.63) is 57.7 Å². The second-order valence-corrected chi connectivity index (χ2v) is 3.90. The van der Waals surface area contributed by atoms with E-state index in [9.17, 15) is 27.7 Å². The van der Waals surface area contributed by atoms with Crippen LogP contribution in [0.25, 0.3) is 0 Å². The van der Waals surface area contributed by atoms with Crippen LogP contribution >= 0.6 is 0 Å². The van der Waals surface area contributed by atoms with Crippen molar-refractivity contribution in [2.24, 2.45) is 0 Å². The number of nitrogens with zero attached hydrogens (tertiary/aromatic N) is 3. The van der Waals surface area contributed by atoms with Gasteiger partial charge in [0, 0.05) is 17.8 Å². The quantitative estimate of drug-likeness (QED) is 0.496. The van der Waals surface area contributed by atoms with E-state index >= 15 is 0 Å². The van der Waals surface area contributed by atoms with Crippen LogP contribution in [0, 0.1) is 15.9 Å². The first-order chi connectivity index (χ1) is 9.29. The summed E-state index contributed by atoms with van der Waals surface area (Å²) in [5.74, 6) is -1.08. The van der Waals surface area contributed by atoms with E-state index in [0.29, 0.717) is 0 Å². The number of rotatable bonds is 3. The van der Waals surface area contributed by atoms with E-state index in [1.165, 1.54) is 12.1 Å². The second-order valence-electron chi connectivity index (χ2n) is 3.90. The van der Waals surface area contributed by atoms with Gasteiger partial charge in [0.15, 0.2) is 5.69 Å². The number of nitro groups is 1. The fourth-order valence-corrected chi connectivity index (χ4v) is 1.60. The van der Waals surface area contributed by atoms with Gasteiger partial charge in [-0.05, 0) is 6.07 Å². The Hall–Kier alpha value is -2.45. The molecule has 9 heteroatoms. The Labute approximate surface area is 109 Å². The summed E-state index contributed by atoms with van der Waals surface area (Å²) in [5.41, 5.74) is -1.95. The minimum absolute atomic E-state index is 0.115. The van der Waals surface area contributed by atoms with Crippen molar-refractivity contribution < 1.29 is 22.5 Å². The molecule has 106 valence electrons. The predicted molar refractivity (Wildman–Crippen MR) is 59.4 cm³/mol. The molecule has 0 radical (unpaired) electrons. The Bertz CT molecular complexity index is 651. The first kappa shape index (κ1) is 14.0. The van der Waals surface area contributed by atoms with E-state index in [2.05, 4.69) is 5.10 Å². The summed E-state index contributed by atoms with van der Waals surface area (Å²) >= 11 is 0. The van der Waals surface area contributed by atoms with E-state index in [1.54, 1.807) is 0 Å². The van der Waals surface area contributed by atoms with Gasteiger partial charge in [-0.3, -0.25) is 14.8 Å². The standard InChI is InChI=1S/C11H7F4N3O2/c12-10-7(2-1-3-8(10)18(19)20)6-17-5-4-9(16-17)11(13,14)15/h1-5H,6H2. The highest BCUT2D eigenvalue weighted by molar-refractivity contribution is 5.36. The fourth-order valence-electron chi connectivity index (χ4n) is 1.60. The predicted octanol–water partition coefficient (Wildman–Crippen LogP) is 3.00. The van der Waals surface area contributed by atoms with Crippen LogP contribution in [0.2, 0.25) is 0 Å². The molecule has 1 aromatic carbocycles. The molecular formula is C11H7F4N3O2. The van der Waals surface area contributed by atoms with Crippen molar-refractivity contribution in [3.63, 3.8) is 0 Å². The van der Waals surface area contributed by atoms with E-state index in [0.717, 1.165) is 23.0 Å². The molecule has 1 aromatic heterocycles. The Morgan fingerprint density at radius 1 is 1.30 bits per heavy atom. The van der Waals surface area contributed by atoms with Crippen molar-refractivity contribution in [2.75, 3.05) is 0 Å². The van der Waals surface area contributed by atoms with E-state index < -0.39 is 28.3 Å². The monoisotopic (exact) mass is 289 g/mol. The van der Waals surface area contributed by atoms with E-state index in [4.69, 9.17) is 0 Å². The minimum atomic E-state index is -4.59. The van der Waals surface area contributed by atoms with Gasteiger partial charge in [-0.1, -0.05) is 12.1 Å². The van der Waals surface area contributed by atoms with Crippen LogP contribution < -0.4 is 0 Å². The van der Waals surface area contributed by atoms with Gasteiger partial charge >= 0.3 is 11.9 Å².